The Balaban J connectivity index is 2.52. The maximum Gasteiger partial charge on any atom is 0.195 e. The highest BCUT2D eigenvalue weighted by Gasteiger charge is 2.08. The summed E-state index contributed by atoms with van der Waals surface area (Å²) in [5, 5.41) is 21.5. The molecule has 0 fully saturated rings. The van der Waals surface area contributed by atoms with E-state index >= 15 is 0 Å². The van der Waals surface area contributed by atoms with Gasteiger partial charge < -0.3 is 0 Å². The zero-order valence-electron chi connectivity index (χ0n) is 7.92. The number of rotatable bonds is 0. The molecule has 16 heavy (non-hydrogen) atoms. The summed E-state index contributed by atoms with van der Waals surface area (Å²) in [5.41, 5.74) is 2.28. The molecule has 0 unspecified atom stereocenters. The third-order valence-corrected chi connectivity index (χ3v) is 2.52. The van der Waals surface area contributed by atoms with Gasteiger partial charge in [-0.1, -0.05) is 11.6 Å². The molecule has 1 aromatic carbocycles. The number of nitrogens with zero attached hydrogens (tertiary/aromatic N) is 5. The lowest BCUT2D eigenvalue weighted by Gasteiger charge is -1.99. The van der Waals surface area contributed by atoms with E-state index in [1.165, 1.54) is 6.20 Å². The summed E-state index contributed by atoms with van der Waals surface area (Å²) >= 11 is 5.85. The zero-order chi connectivity index (χ0) is 11.1. The van der Waals surface area contributed by atoms with E-state index in [2.05, 4.69) is 15.3 Å². The SMILES string of the molecule is N#Cc1cnn2c1nnc1cc(Cl)ccc12. The van der Waals surface area contributed by atoms with Gasteiger partial charge in [-0.2, -0.15) is 10.4 Å². The third kappa shape index (κ3) is 1.14. The van der Waals surface area contributed by atoms with Gasteiger partial charge in [0.1, 0.15) is 17.1 Å². The van der Waals surface area contributed by atoms with Crippen molar-refractivity contribution in [3.05, 3.63) is 35.0 Å². The summed E-state index contributed by atoms with van der Waals surface area (Å²) in [5.74, 6) is 0. The molecule has 5 nitrogen and oxygen atoms in total. The van der Waals surface area contributed by atoms with Crippen LogP contribution < -0.4 is 0 Å². The van der Waals surface area contributed by atoms with Gasteiger partial charge in [0.15, 0.2) is 5.65 Å². The van der Waals surface area contributed by atoms with Gasteiger partial charge in [0.2, 0.25) is 0 Å². The molecular formula is C10H4ClN5. The summed E-state index contributed by atoms with van der Waals surface area (Å²) in [7, 11) is 0. The topological polar surface area (TPSA) is 66.9 Å². The molecule has 0 radical (unpaired) electrons. The van der Waals surface area contributed by atoms with Gasteiger partial charge >= 0.3 is 0 Å². The van der Waals surface area contributed by atoms with E-state index in [1.807, 2.05) is 6.07 Å². The molecular weight excluding hydrogens is 226 g/mol. The van der Waals surface area contributed by atoms with Crippen LogP contribution in [0.1, 0.15) is 5.56 Å². The molecule has 0 saturated heterocycles. The van der Waals surface area contributed by atoms with Crippen LogP contribution in [0.25, 0.3) is 16.7 Å². The van der Waals surface area contributed by atoms with Crippen LogP contribution in [0, 0.1) is 11.3 Å². The van der Waals surface area contributed by atoms with Gasteiger partial charge in [-0.05, 0) is 18.2 Å². The molecule has 0 N–H and O–H groups in total. The first kappa shape index (κ1) is 9.07. The van der Waals surface area contributed by atoms with E-state index in [0.29, 0.717) is 21.7 Å². The van der Waals surface area contributed by atoms with Gasteiger partial charge in [0.25, 0.3) is 0 Å². The van der Waals surface area contributed by atoms with Gasteiger partial charge in [-0.15, -0.1) is 10.2 Å². The summed E-state index contributed by atoms with van der Waals surface area (Å²) in [6.07, 6.45) is 1.47. The second-order valence-electron chi connectivity index (χ2n) is 3.24. The molecule has 0 aliphatic rings. The average Bonchev–Trinajstić information content (AvgIpc) is 2.71. The van der Waals surface area contributed by atoms with Crippen LogP contribution in [0.4, 0.5) is 0 Å². The largest absolute Gasteiger partial charge is 0.210 e. The number of aromatic nitrogens is 4. The number of hydrogen-bond acceptors (Lipinski definition) is 4. The van der Waals surface area contributed by atoms with Crippen LogP contribution in [0.2, 0.25) is 5.02 Å². The molecule has 2 heterocycles. The lowest BCUT2D eigenvalue weighted by Crippen LogP contribution is -1.96. The van der Waals surface area contributed by atoms with Crippen LogP contribution in [0.15, 0.2) is 24.4 Å². The van der Waals surface area contributed by atoms with Crippen molar-refractivity contribution in [3.8, 4) is 6.07 Å². The minimum atomic E-state index is 0.407. The molecule has 0 spiro atoms. The fourth-order valence-electron chi connectivity index (χ4n) is 1.55. The summed E-state index contributed by atoms with van der Waals surface area (Å²) in [6.45, 7) is 0. The van der Waals surface area contributed by atoms with E-state index < -0.39 is 0 Å². The van der Waals surface area contributed by atoms with E-state index in [-0.39, 0.29) is 0 Å². The quantitative estimate of drug-likeness (QED) is 0.590. The monoisotopic (exact) mass is 229 g/mol. The molecule has 3 rings (SSSR count). The summed E-state index contributed by atoms with van der Waals surface area (Å²) in [4.78, 5) is 0. The van der Waals surface area contributed by atoms with Gasteiger partial charge in [0.05, 0.1) is 11.7 Å². The Hall–Kier alpha value is -2.19. The number of hydrogen-bond donors (Lipinski definition) is 0. The normalized spacial score (nSPS) is 10.8. The first-order valence-electron chi connectivity index (χ1n) is 4.49. The fourth-order valence-corrected chi connectivity index (χ4v) is 1.72. The molecule has 0 atom stereocenters. The number of halogens is 1. The Morgan fingerprint density at radius 2 is 2.19 bits per heavy atom. The van der Waals surface area contributed by atoms with Crippen molar-refractivity contribution in [1.82, 2.24) is 19.8 Å². The Bertz CT molecular complexity index is 740. The second-order valence-corrected chi connectivity index (χ2v) is 3.67. The molecule has 0 saturated carbocycles. The Kier molecular flexibility index (Phi) is 1.79. The molecule has 3 aromatic rings. The van der Waals surface area contributed by atoms with Crippen molar-refractivity contribution < 1.29 is 0 Å². The number of nitriles is 1. The van der Waals surface area contributed by atoms with Gasteiger partial charge in [-0.25, -0.2) is 4.52 Å². The minimum Gasteiger partial charge on any atom is -0.210 e. The Morgan fingerprint density at radius 3 is 3.00 bits per heavy atom. The highest BCUT2D eigenvalue weighted by atomic mass is 35.5. The smallest absolute Gasteiger partial charge is 0.195 e. The highest BCUT2D eigenvalue weighted by molar-refractivity contribution is 6.31. The number of fused-ring (bicyclic) bond motifs is 3. The van der Waals surface area contributed by atoms with E-state index in [0.717, 1.165) is 5.52 Å². The molecule has 0 amide bonds. The van der Waals surface area contributed by atoms with Crippen molar-refractivity contribution >= 4 is 28.3 Å². The third-order valence-electron chi connectivity index (χ3n) is 2.28. The molecule has 0 bridgehead atoms. The van der Waals surface area contributed by atoms with Crippen LogP contribution in [-0.4, -0.2) is 19.8 Å². The van der Waals surface area contributed by atoms with E-state index in [4.69, 9.17) is 16.9 Å². The molecule has 76 valence electrons. The van der Waals surface area contributed by atoms with Crippen LogP contribution in [0.5, 0.6) is 0 Å². The summed E-state index contributed by atoms with van der Waals surface area (Å²) < 4.78 is 1.58. The van der Waals surface area contributed by atoms with Crippen LogP contribution >= 0.6 is 11.6 Å². The maximum atomic E-state index is 8.85. The van der Waals surface area contributed by atoms with Crippen molar-refractivity contribution in [2.75, 3.05) is 0 Å². The molecule has 0 aliphatic carbocycles. The standard InChI is InChI=1S/C10H4ClN5/c11-7-1-2-9-8(3-7)14-15-10-6(4-12)5-13-16(9)10/h1-3,5H. The van der Waals surface area contributed by atoms with Crippen molar-refractivity contribution in [2.24, 2.45) is 0 Å². The highest BCUT2D eigenvalue weighted by Crippen LogP contribution is 2.18. The van der Waals surface area contributed by atoms with Crippen molar-refractivity contribution in [3.63, 3.8) is 0 Å². The second kappa shape index (κ2) is 3.15. The lowest BCUT2D eigenvalue weighted by atomic mass is 10.3. The maximum absolute atomic E-state index is 8.85. The van der Waals surface area contributed by atoms with Gasteiger partial charge in [0, 0.05) is 5.02 Å². The van der Waals surface area contributed by atoms with E-state index in [1.54, 1.807) is 22.7 Å². The first-order chi connectivity index (χ1) is 7.79. The van der Waals surface area contributed by atoms with Crippen LogP contribution in [0.3, 0.4) is 0 Å². The Morgan fingerprint density at radius 1 is 1.31 bits per heavy atom. The molecule has 0 aliphatic heterocycles. The summed E-state index contributed by atoms with van der Waals surface area (Å²) in [6, 6.07) is 7.27. The van der Waals surface area contributed by atoms with E-state index in [9.17, 15) is 0 Å². The number of benzene rings is 1. The molecule has 2 aromatic heterocycles. The van der Waals surface area contributed by atoms with Crippen LogP contribution in [-0.2, 0) is 0 Å². The first-order valence-corrected chi connectivity index (χ1v) is 4.87. The fraction of sp³-hybridized carbons (Fsp3) is 0. The predicted molar refractivity (Wildman–Crippen MR) is 58.0 cm³/mol. The molecule has 6 heteroatoms. The predicted octanol–water partition coefficient (Wildman–Crippen LogP) is 1.80. The van der Waals surface area contributed by atoms with Crippen molar-refractivity contribution in [2.45, 2.75) is 0 Å². The lowest BCUT2D eigenvalue weighted by molar-refractivity contribution is 0.943. The average molecular weight is 230 g/mol. The minimum absolute atomic E-state index is 0.407. The zero-order valence-corrected chi connectivity index (χ0v) is 8.68. The Labute approximate surface area is 94.9 Å². The van der Waals surface area contributed by atoms with Crippen molar-refractivity contribution in [1.29, 1.82) is 5.26 Å². The van der Waals surface area contributed by atoms with Gasteiger partial charge in [-0.3, -0.25) is 0 Å².